The first-order chi connectivity index (χ1) is 5.99. The number of thiazole rings is 1. The van der Waals surface area contributed by atoms with Gasteiger partial charge in [0.1, 0.15) is 0 Å². The van der Waals surface area contributed by atoms with Gasteiger partial charge in [-0.15, -0.1) is 11.3 Å². The summed E-state index contributed by atoms with van der Waals surface area (Å²) in [6.45, 7) is 6.71. The van der Waals surface area contributed by atoms with Gasteiger partial charge in [-0.3, -0.25) is 0 Å². The molecule has 3 heteroatoms. The molecule has 13 heavy (non-hydrogen) atoms. The molecule has 0 aliphatic heterocycles. The van der Waals surface area contributed by atoms with Gasteiger partial charge in [0.2, 0.25) is 0 Å². The Kier molecular flexibility index (Phi) is 3.45. The zero-order chi connectivity index (χ0) is 9.90. The molecule has 0 saturated heterocycles. The lowest BCUT2D eigenvalue weighted by Gasteiger charge is -2.19. The van der Waals surface area contributed by atoms with Gasteiger partial charge in [0.25, 0.3) is 0 Å². The van der Waals surface area contributed by atoms with Gasteiger partial charge in [0, 0.05) is 11.4 Å². The predicted octanol–water partition coefficient (Wildman–Crippen LogP) is 2.97. The summed E-state index contributed by atoms with van der Waals surface area (Å²) in [5, 5.41) is 2.04. The van der Waals surface area contributed by atoms with E-state index in [1.165, 1.54) is 0 Å². The average molecular weight is 198 g/mol. The van der Waals surface area contributed by atoms with Crippen LogP contribution in [0.2, 0.25) is 0 Å². The quantitative estimate of drug-likeness (QED) is 0.811. The molecule has 0 saturated carbocycles. The second-order valence-electron chi connectivity index (χ2n) is 4.62. The minimum Gasteiger partial charge on any atom is -0.323 e. The Hall–Kier alpha value is -0.410. The maximum atomic E-state index is 5.99. The summed E-state index contributed by atoms with van der Waals surface area (Å²) in [6.07, 6.45) is 2.17. The predicted molar refractivity (Wildman–Crippen MR) is 57.7 cm³/mol. The summed E-state index contributed by atoms with van der Waals surface area (Å²) in [4.78, 5) is 4.21. The van der Waals surface area contributed by atoms with Crippen LogP contribution in [0.3, 0.4) is 0 Å². The van der Waals surface area contributed by atoms with Crippen molar-refractivity contribution in [1.29, 1.82) is 0 Å². The molecule has 0 radical (unpaired) electrons. The molecule has 0 aromatic carbocycles. The Labute approximate surface area is 84.2 Å². The van der Waals surface area contributed by atoms with Crippen LogP contribution < -0.4 is 5.73 Å². The van der Waals surface area contributed by atoms with Gasteiger partial charge in [-0.2, -0.15) is 0 Å². The summed E-state index contributed by atoms with van der Waals surface area (Å²) in [5.74, 6) is 0. The summed E-state index contributed by atoms with van der Waals surface area (Å²) >= 11 is 1.61. The van der Waals surface area contributed by atoms with Crippen LogP contribution in [0.25, 0.3) is 0 Å². The van der Waals surface area contributed by atoms with E-state index in [1.807, 2.05) is 10.9 Å². The summed E-state index contributed by atoms with van der Waals surface area (Å²) < 4.78 is 0. The normalized spacial score (nSPS) is 14.5. The van der Waals surface area contributed by atoms with E-state index in [1.54, 1.807) is 11.3 Å². The Morgan fingerprint density at radius 1 is 1.54 bits per heavy atom. The first-order valence-electron chi connectivity index (χ1n) is 4.63. The molecule has 2 nitrogen and oxygen atoms in total. The van der Waals surface area contributed by atoms with E-state index in [2.05, 4.69) is 25.8 Å². The lowest BCUT2D eigenvalue weighted by molar-refractivity contribution is 0.348. The maximum Gasteiger partial charge on any atom is 0.0795 e. The van der Waals surface area contributed by atoms with Gasteiger partial charge in [-0.05, 0) is 18.3 Å². The van der Waals surface area contributed by atoms with Crippen LogP contribution in [0.1, 0.15) is 45.3 Å². The average Bonchev–Trinajstić information content (AvgIpc) is 2.50. The molecule has 0 aliphatic carbocycles. The van der Waals surface area contributed by atoms with Crippen molar-refractivity contribution < 1.29 is 0 Å². The monoisotopic (exact) mass is 198 g/mol. The van der Waals surface area contributed by atoms with Gasteiger partial charge >= 0.3 is 0 Å². The van der Waals surface area contributed by atoms with Crippen molar-refractivity contribution in [3.05, 3.63) is 16.6 Å². The molecule has 1 rings (SSSR count). The Morgan fingerprint density at radius 3 is 2.69 bits per heavy atom. The minimum atomic E-state index is 0.116. The summed E-state index contributed by atoms with van der Waals surface area (Å²) in [7, 11) is 0. The van der Waals surface area contributed by atoms with Crippen LogP contribution in [0.15, 0.2) is 10.9 Å². The molecule has 1 heterocycles. The molecule has 1 atom stereocenters. The van der Waals surface area contributed by atoms with Crippen molar-refractivity contribution in [2.75, 3.05) is 0 Å². The van der Waals surface area contributed by atoms with E-state index in [-0.39, 0.29) is 6.04 Å². The van der Waals surface area contributed by atoms with Crippen LogP contribution in [0, 0.1) is 5.41 Å². The van der Waals surface area contributed by atoms with Crippen molar-refractivity contribution in [3.63, 3.8) is 0 Å². The van der Waals surface area contributed by atoms with Crippen LogP contribution in [0.5, 0.6) is 0 Å². The number of aromatic nitrogens is 1. The Balaban J connectivity index is 2.39. The van der Waals surface area contributed by atoms with Crippen molar-refractivity contribution in [3.8, 4) is 0 Å². The third-order valence-electron chi connectivity index (χ3n) is 2.04. The molecule has 0 bridgehead atoms. The van der Waals surface area contributed by atoms with E-state index in [9.17, 15) is 0 Å². The Morgan fingerprint density at radius 2 is 2.23 bits per heavy atom. The zero-order valence-corrected chi connectivity index (χ0v) is 9.40. The molecule has 1 aromatic rings. The number of hydrogen-bond acceptors (Lipinski definition) is 3. The third-order valence-corrected chi connectivity index (χ3v) is 2.64. The lowest BCUT2D eigenvalue weighted by atomic mass is 9.88. The fourth-order valence-electron chi connectivity index (χ4n) is 1.14. The van der Waals surface area contributed by atoms with Gasteiger partial charge in [-0.1, -0.05) is 20.8 Å². The van der Waals surface area contributed by atoms with E-state index in [0.29, 0.717) is 5.41 Å². The minimum absolute atomic E-state index is 0.116. The van der Waals surface area contributed by atoms with Gasteiger partial charge in [-0.25, -0.2) is 4.98 Å². The van der Waals surface area contributed by atoms with E-state index in [4.69, 9.17) is 5.73 Å². The molecule has 2 N–H and O–H groups in total. The van der Waals surface area contributed by atoms with Gasteiger partial charge < -0.3 is 5.73 Å². The van der Waals surface area contributed by atoms with Crippen LogP contribution in [0.4, 0.5) is 0 Å². The van der Waals surface area contributed by atoms with E-state index in [0.717, 1.165) is 18.5 Å². The van der Waals surface area contributed by atoms with E-state index >= 15 is 0 Å². The molecular weight excluding hydrogens is 180 g/mol. The van der Waals surface area contributed by atoms with Crippen molar-refractivity contribution in [1.82, 2.24) is 4.98 Å². The highest BCUT2D eigenvalue weighted by Crippen LogP contribution is 2.25. The molecule has 0 unspecified atom stereocenters. The number of nitrogens with zero attached hydrogens (tertiary/aromatic N) is 1. The molecular formula is C10H18N2S. The molecule has 0 spiro atoms. The number of rotatable bonds is 3. The molecule has 0 fully saturated rings. The smallest absolute Gasteiger partial charge is 0.0795 e. The Bertz CT molecular complexity index is 236. The first kappa shape index (κ1) is 10.7. The van der Waals surface area contributed by atoms with Crippen LogP contribution in [-0.4, -0.2) is 4.98 Å². The largest absolute Gasteiger partial charge is 0.323 e. The van der Waals surface area contributed by atoms with Crippen molar-refractivity contribution in [2.45, 2.75) is 39.7 Å². The van der Waals surface area contributed by atoms with Crippen LogP contribution >= 0.6 is 11.3 Å². The standard InChI is InChI=1S/C10H18N2S/c1-10(2,3)5-4-8(11)9-6-13-7-12-9/h6-8H,4-5,11H2,1-3H3/t8-/m1/s1. The molecule has 74 valence electrons. The van der Waals surface area contributed by atoms with E-state index < -0.39 is 0 Å². The maximum absolute atomic E-state index is 5.99. The molecule has 1 aromatic heterocycles. The van der Waals surface area contributed by atoms with Crippen LogP contribution in [-0.2, 0) is 0 Å². The fraction of sp³-hybridized carbons (Fsp3) is 0.700. The molecule has 0 amide bonds. The summed E-state index contributed by atoms with van der Waals surface area (Å²) in [5.41, 5.74) is 9.24. The first-order valence-corrected chi connectivity index (χ1v) is 5.57. The second-order valence-corrected chi connectivity index (χ2v) is 5.34. The summed E-state index contributed by atoms with van der Waals surface area (Å²) in [6, 6.07) is 0.116. The van der Waals surface area contributed by atoms with Crippen molar-refractivity contribution >= 4 is 11.3 Å². The number of hydrogen-bond donors (Lipinski definition) is 1. The number of nitrogens with two attached hydrogens (primary N) is 1. The lowest BCUT2D eigenvalue weighted by Crippen LogP contribution is -2.14. The van der Waals surface area contributed by atoms with Gasteiger partial charge in [0.15, 0.2) is 0 Å². The highest BCUT2D eigenvalue weighted by Gasteiger charge is 2.14. The highest BCUT2D eigenvalue weighted by atomic mass is 32.1. The van der Waals surface area contributed by atoms with Crippen molar-refractivity contribution in [2.24, 2.45) is 11.1 Å². The zero-order valence-electron chi connectivity index (χ0n) is 8.58. The fourth-order valence-corrected chi connectivity index (χ4v) is 1.76. The SMILES string of the molecule is CC(C)(C)CC[C@@H](N)c1cscn1. The third kappa shape index (κ3) is 3.87. The highest BCUT2D eigenvalue weighted by molar-refractivity contribution is 7.07. The second kappa shape index (κ2) is 4.20. The topological polar surface area (TPSA) is 38.9 Å². The van der Waals surface area contributed by atoms with Gasteiger partial charge in [0.05, 0.1) is 11.2 Å². The molecule has 0 aliphatic rings.